The summed E-state index contributed by atoms with van der Waals surface area (Å²) < 4.78 is 32.1. The van der Waals surface area contributed by atoms with Crippen LogP contribution in [0.15, 0.2) is 63.7 Å². The minimum Gasteiger partial charge on any atom is -0.494 e. The molecule has 1 aromatic heterocycles. The number of rotatable bonds is 6. The van der Waals surface area contributed by atoms with Crippen LogP contribution in [0.25, 0.3) is 0 Å². The van der Waals surface area contributed by atoms with E-state index < -0.39 is 9.84 Å². The highest BCUT2D eigenvalue weighted by molar-refractivity contribution is 7.91. The first-order valence-corrected chi connectivity index (χ1v) is 12.2. The van der Waals surface area contributed by atoms with Crippen molar-refractivity contribution in [2.24, 2.45) is 0 Å². The Morgan fingerprint density at radius 1 is 1.10 bits per heavy atom. The molecule has 3 aromatic rings. The molecule has 2 aromatic carbocycles. The number of amides is 1. The number of carbonyl (C=O) groups is 1. The van der Waals surface area contributed by atoms with E-state index in [0.29, 0.717) is 12.3 Å². The SMILES string of the molecule is CCCOc1ccc([C@@H]2CC(=O)Nc3c(S(=O)(=O)c4ccc(C)cc4)csc32)cc1. The molecule has 1 amide bonds. The van der Waals surface area contributed by atoms with Crippen molar-refractivity contribution in [1.29, 1.82) is 0 Å². The number of nitrogens with one attached hydrogen (secondary N) is 1. The molecule has 0 saturated heterocycles. The van der Waals surface area contributed by atoms with Gasteiger partial charge in [-0.1, -0.05) is 36.8 Å². The second-order valence-corrected chi connectivity index (χ2v) is 10.2. The maximum Gasteiger partial charge on any atom is 0.225 e. The highest BCUT2D eigenvalue weighted by Crippen LogP contribution is 2.46. The zero-order valence-corrected chi connectivity index (χ0v) is 18.5. The van der Waals surface area contributed by atoms with E-state index in [0.717, 1.165) is 28.2 Å². The van der Waals surface area contributed by atoms with Crippen molar-refractivity contribution in [3.8, 4) is 5.75 Å². The topological polar surface area (TPSA) is 72.5 Å². The molecular formula is C23H23NO4S2. The fourth-order valence-corrected chi connectivity index (χ4v) is 6.44. The first-order chi connectivity index (χ1) is 14.4. The summed E-state index contributed by atoms with van der Waals surface area (Å²) in [7, 11) is -3.72. The van der Waals surface area contributed by atoms with Gasteiger partial charge in [0.2, 0.25) is 15.7 Å². The highest BCUT2D eigenvalue weighted by atomic mass is 32.2. The molecule has 0 aliphatic carbocycles. The van der Waals surface area contributed by atoms with Gasteiger partial charge in [-0.2, -0.15) is 0 Å². The van der Waals surface area contributed by atoms with Gasteiger partial charge in [-0.05, 0) is 43.2 Å². The van der Waals surface area contributed by atoms with Gasteiger partial charge in [-0.25, -0.2) is 8.42 Å². The molecule has 4 rings (SSSR count). The van der Waals surface area contributed by atoms with Crippen molar-refractivity contribution < 1.29 is 17.9 Å². The average molecular weight is 442 g/mol. The van der Waals surface area contributed by atoms with Crippen LogP contribution in [0.3, 0.4) is 0 Å². The molecule has 5 nitrogen and oxygen atoms in total. The van der Waals surface area contributed by atoms with Gasteiger partial charge in [0.25, 0.3) is 0 Å². The zero-order valence-electron chi connectivity index (χ0n) is 16.8. The van der Waals surface area contributed by atoms with Crippen LogP contribution >= 0.6 is 11.3 Å². The Kier molecular flexibility index (Phi) is 5.66. The van der Waals surface area contributed by atoms with Crippen LogP contribution in [-0.2, 0) is 14.6 Å². The average Bonchev–Trinajstić information content (AvgIpc) is 3.17. The van der Waals surface area contributed by atoms with Gasteiger partial charge in [0.05, 0.1) is 17.2 Å². The molecule has 1 aliphatic heterocycles. The predicted octanol–water partition coefficient (Wildman–Crippen LogP) is 5.15. The molecule has 156 valence electrons. The fourth-order valence-electron chi connectivity index (χ4n) is 3.53. The zero-order chi connectivity index (χ0) is 21.3. The van der Waals surface area contributed by atoms with Crippen LogP contribution in [0, 0.1) is 6.92 Å². The maximum absolute atomic E-state index is 13.2. The van der Waals surface area contributed by atoms with Gasteiger partial charge < -0.3 is 10.1 Å². The molecule has 0 unspecified atom stereocenters. The Morgan fingerprint density at radius 2 is 1.80 bits per heavy atom. The van der Waals surface area contributed by atoms with Gasteiger partial charge in [0, 0.05) is 22.6 Å². The number of hydrogen-bond acceptors (Lipinski definition) is 5. The third-order valence-corrected chi connectivity index (χ3v) is 8.17. The first-order valence-electron chi connectivity index (χ1n) is 9.86. The van der Waals surface area contributed by atoms with Crippen LogP contribution in [0.4, 0.5) is 5.69 Å². The van der Waals surface area contributed by atoms with E-state index in [4.69, 9.17) is 4.74 Å². The second-order valence-electron chi connectivity index (χ2n) is 7.38. The number of thiophene rings is 1. The quantitative estimate of drug-likeness (QED) is 0.574. The van der Waals surface area contributed by atoms with Gasteiger partial charge >= 0.3 is 0 Å². The number of hydrogen-bond donors (Lipinski definition) is 1. The van der Waals surface area contributed by atoms with Crippen LogP contribution in [-0.4, -0.2) is 20.9 Å². The molecule has 0 saturated carbocycles. The molecule has 0 radical (unpaired) electrons. The summed E-state index contributed by atoms with van der Waals surface area (Å²) in [5.41, 5.74) is 2.37. The van der Waals surface area contributed by atoms with Crippen LogP contribution in [0.1, 0.15) is 41.7 Å². The minimum atomic E-state index is -3.72. The van der Waals surface area contributed by atoms with Gasteiger partial charge in [0.15, 0.2) is 0 Å². The lowest BCUT2D eigenvalue weighted by atomic mass is 9.90. The Labute approximate surface area is 180 Å². The first kappa shape index (κ1) is 20.6. The fraction of sp³-hybridized carbons (Fsp3) is 0.261. The molecule has 0 bridgehead atoms. The smallest absolute Gasteiger partial charge is 0.225 e. The molecular weight excluding hydrogens is 418 g/mol. The number of ether oxygens (including phenoxy) is 1. The van der Waals surface area contributed by atoms with E-state index in [1.165, 1.54) is 11.3 Å². The number of anilines is 1. The summed E-state index contributed by atoms with van der Waals surface area (Å²) in [5.74, 6) is 0.424. The summed E-state index contributed by atoms with van der Waals surface area (Å²) in [6, 6.07) is 14.4. The third-order valence-electron chi connectivity index (χ3n) is 5.13. The number of sulfone groups is 1. The predicted molar refractivity (Wildman–Crippen MR) is 118 cm³/mol. The molecule has 30 heavy (non-hydrogen) atoms. The number of carbonyl (C=O) groups excluding carboxylic acids is 1. The van der Waals surface area contributed by atoms with Crippen LogP contribution in [0.2, 0.25) is 0 Å². The molecule has 1 atom stereocenters. The number of aryl methyl sites for hydroxylation is 1. The Balaban J connectivity index is 1.71. The van der Waals surface area contributed by atoms with E-state index in [1.54, 1.807) is 29.6 Å². The Morgan fingerprint density at radius 3 is 2.47 bits per heavy atom. The number of benzene rings is 2. The minimum absolute atomic E-state index is 0.160. The Hall–Kier alpha value is -2.64. The lowest BCUT2D eigenvalue weighted by molar-refractivity contribution is -0.116. The van der Waals surface area contributed by atoms with Gasteiger partial charge in [-0.15, -0.1) is 11.3 Å². The van der Waals surface area contributed by atoms with Crippen molar-refractivity contribution in [2.45, 2.75) is 42.4 Å². The van der Waals surface area contributed by atoms with E-state index >= 15 is 0 Å². The van der Waals surface area contributed by atoms with Crippen molar-refractivity contribution >= 4 is 32.8 Å². The standard InChI is InChI=1S/C23H23NO4S2/c1-3-12-28-17-8-6-16(7-9-17)19-13-21(25)24-22-20(14-29-23(19)22)30(26,27)18-10-4-15(2)5-11-18/h4-11,14,19H,3,12-13H2,1-2H3,(H,24,25)/t19-/m0/s1. The van der Waals surface area contributed by atoms with E-state index in [2.05, 4.69) is 12.2 Å². The van der Waals surface area contributed by atoms with Crippen molar-refractivity contribution in [2.75, 3.05) is 11.9 Å². The maximum atomic E-state index is 13.2. The second kappa shape index (κ2) is 8.24. The van der Waals surface area contributed by atoms with Crippen molar-refractivity contribution in [3.05, 3.63) is 69.9 Å². The molecule has 0 fully saturated rings. The summed E-state index contributed by atoms with van der Waals surface area (Å²) in [6.07, 6.45) is 1.22. The number of fused-ring (bicyclic) bond motifs is 1. The van der Waals surface area contributed by atoms with Crippen LogP contribution in [0.5, 0.6) is 5.75 Å². The monoisotopic (exact) mass is 441 g/mol. The molecule has 1 aliphatic rings. The van der Waals surface area contributed by atoms with E-state index in [-0.39, 0.29) is 28.0 Å². The molecule has 7 heteroatoms. The van der Waals surface area contributed by atoms with Gasteiger partial charge in [0.1, 0.15) is 10.6 Å². The summed E-state index contributed by atoms with van der Waals surface area (Å²) in [6.45, 7) is 4.61. The lowest BCUT2D eigenvalue weighted by Crippen LogP contribution is -2.23. The van der Waals surface area contributed by atoms with Gasteiger partial charge in [-0.3, -0.25) is 4.79 Å². The summed E-state index contributed by atoms with van der Waals surface area (Å²) in [5, 5.41) is 4.44. The third kappa shape index (κ3) is 3.87. The van der Waals surface area contributed by atoms with Crippen molar-refractivity contribution in [3.63, 3.8) is 0 Å². The van der Waals surface area contributed by atoms with E-state index in [9.17, 15) is 13.2 Å². The molecule has 1 N–H and O–H groups in total. The highest BCUT2D eigenvalue weighted by Gasteiger charge is 2.34. The van der Waals surface area contributed by atoms with Crippen molar-refractivity contribution in [1.82, 2.24) is 0 Å². The molecule has 2 heterocycles. The lowest BCUT2D eigenvalue weighted by Gasteiger charge is -2.24. The van der Waals surface area contributed by atoms with Crippen LogP contribution < -0.4 is 10.1 Å². The summed E-state index contributed by atoms with van der Waals surface area (Å²) in [4.78, 5) is 13.7. The van der Waals surface area contributed by atoms with E-state index in [1.807, 2.05) is 31.2 Å². The normalized spacial score (nSPS) is 16.1. The Bertz CT molecular complexity index is 1160. The summed E-state index contributed by atoms with van der Waals surface area (Å²) >= 11 is 1.37. The molecule has 0 spiro atoms. The largest absolute Gasteiger partial charge is 0.494 e.